The summed E-state index contributed by atoms with van der Waals surface area (Å²) >= 11 is 0. The molecule has 3 nitrogen and oxygen atoms in total. The average molecular weight is 346 g/mol. The molecule has 0 spiro atoms. The molecule has 0 aliphatic heterocycles. The van der Waals surface area contributed by atoms with Gasteiger partial charge in [0, 0.05) is 12.0 Å². The number of carbonyl (C=O) groups excluding carboxylic acids is 2. The lowest BCUT2D eigenvalue weighted by Crippen LogP contribution is -2.09. The van der Waals surface area contributed by atoms with Crippen LogP contribution in [0.25, 0.3) is 12.2 Å². The fraction of sp³-hybridized carbons (Fsp3) is 0.130. The number of benzene rings is 2. The zero-order valence-electron chi connectivity index (χ0n) is 14.8. The number of ketones is 1. The molecule has 0 atom stereocenters. The van der Waals surface area contributed by atoms with E-state index in [0.29, 0.717) is 5.57 Å². The Labute approximate surface area is 154 Å². The van der Waals surface area contributed by atoms with E-state index in [1.165, 1.54) is 6.08 Å². The smallest absolute Gasteiger partial charge is 0.333 e. The fourth-order valence-electron chi connectivity index (χ4n) is 2.13. The van der Waals surface area contributed by atoms with E-state index in [1.54, 1.807) is 25.2 Å². The van der Waals surface area contributed by atoms with Crippen LogP contribution in [0.2, 0.25) is 0 Å². The fourth-order valence-corrected chi connectivity index (χ4v) is 2.13. The van der Waals surface area contributed by atoms with Crippen LogP contribution in [0.1, 0.15) is 24.5 Å². The van der Waals surface area contributed by atoms with Crippen LogP contribution >= 0.6 is 0 Å². The predicted molar refractivity (Wildman–Crippen MR) is 105 cm³/mol. The number of allylic oxidation sites excluding steroid dienone is 3. The third-order valence-electron chi connectivity index (χ3n) is 3.60. The minimum Gasteiger partial charge on any atom is -0.462 e. The van der Waals surface area contributed by atoms with E-state index in [-0.39, 0.29) is 18.8 Å². The highest BCUT2D eigenvalue weighted by molar-refractivity contribution is 5.94. The molecule has 0 aromatic heterocycles. The van der Waals surface area contributed by atoms with Crippen molar-refractivity contribution >= 4 is 23.9 Å². The minimum atomic E-state index is -0.414. The summed E-state index contributed by atoms with van der Waals surface area (Å²) in [4.78, 5) is 23.7. The highest BCUT2D eigenvalue weighted by Crippen LogP contribution is 2.05. The number of rotatable bonds is 8. The molecule has 0 amide bonds. The van der Waals surface area contributed by atoms with E-state index in [9.17, 15) is 9.59 Å². The number of hydrogen-bond donors (Lipinski definition) is 0. The first-order valence-corrected chi connectivity index (χ1v) is 8.48. The van der Waals surface area contributed by atoms with Gasteiger partial charge in [-0.05, 0) is 24.1 Å². The Morgan fingerprint density at radius 2 is 1.46 bits per heavy atom. The zero-order chi connectivity index (χ0) is 18.6. The maximum absolute atomic E-state index is 11.9. The summed E-state index contributed by atoms with van der Waals surface area (Å²) in [5.74, 6) is -0.491. The van der Waals surface area contributed by atoms with Gasteiger partial charge in [0.25, 0.3) is 0 Å². The molecule has 0 radical (unpaired) electrons. The van der Waals surface area contributed by atoms with Crippen LogP contribution in [0.4, 0.5) is 0 Å². The largest absolute Gasteiger partial charge is 0.462 e. The van der Waals surface area contributed by atoms with Gasteiger partial charge in [0.15, 0.2) is 5.78 Å². The van der Waals surface area contributed by atoms with Gasteiger partial charge in [0.2, 0.25) is 0 Å². The van der Waals surface area contributed by atoms with Crippen molar-refractivity contribution in [2.24, 2.45) is 0 Å². The van der Waals surface area contributed by atoms with Crippen molar-refractivity contribution in [1.82, 2.24) is 0 Å². The molecule has 0 N–H and O–H groups in total. The van der Waals surface area contributed by atoms with E-state index in [0.717, 1.165) is 11.1 Å². The normalized spacial score (nSPS) is 11.8. The van der Waals surface area contributed by atoms with Crippen LogP contribution in [-0.2, 0) is 14.3 Å². The summed E-state index contributed by atoms with van der Waals surface area (Å²) < 4.78 is 5.13. The van der Waals surface area contributed by atoms with Gasteiger partial charge in [-0.1, -0.05) is 85.0 Å². The van der Waals surface area contributed by atoms with Gasteiger partial charge in [0.1, 0.15) is 0 Å². The molecular weight excluding hydrogens is 324 g/mol. The maximum Gasteiger partial charge on any atom is 0.333 e. The quantitative estimate of drug-likeness (QED) is 0.389. The maximum atomic E-state index is 11.9. The SMILES string of the molecule is CC(=CC=Cc1ccccc1)C(=O)OCCC(=O)/C=C/c1ccccc1. The van der Waals surface area contributed by atoms with Gasteiger partial charge >= 0.3 is 5.97 Å². The first-order chi connectivity index (χ1) is 12.6. The van der Waals surface area contributed by atoms with Crippen molar-refractivity contribution in [3.8, 4) is 0 Å². The molecule has 0 aliphatic carbocycles. The first-order valence-electron chi connectivity index (χ1n) is 8.48. The molecule has 2 aromatic carbocycles. The Balaban J connectivity index is 1.73. The van der Waals surface area contributed by atoms with E-state index in [2.05, 4.69) is 0 Å². The van der Waals surface area contributed by atoms with Crippen molar-refractivity contribution in [3.05, 3.63) is 95.6 Å². The molecule has 0 aliphatic rings. The van der Waals surface area contributed by atoms with E-state index in [1.807, 2.05) is 66.7 Å². The average Bonchev–Trinajstić information content (AvgIpc) is 2.68. The van der Waals surface area contributed by atoms with E-state index < -0.39 is 5.97 Å². The zero-order valence-corrected chi connectivity index (χ0v) is 14.8. The van der Waals surface area contributed by atoms with Crippen LogP contribution < -0.4 is 0 Å². The van der Waals surface area contributed by atoms with Gasteiger partial charge in [-0.25, -0.2) is 4.79 Å². The van der Waals surface area contributed by atoms with Gasteiger partial charge in [-0.2, -0.15) is 0 Å². The van der Waals surface area contributed by atoms with Crippen LogP contribution in [-0.4, -0.2) is 18.4 Å². The molecule has 2 rings (SSSR count). The summed E-state index contributed by atoms with van der Waals surface area (Å²) in [6, 6.07) is 19.4. The number of ether oxygens (including phenoxy) is 1. The summed E-state index contributed by atoms with van der Waals surface area (Å²) in [6.07, 6.45) is 8.85. The Bertz CT molecular complexity index is 800. The third kappa shape index (κ3) is 7.14. The molecule has 0 saturated carbocycles. The standard InChI is InChI=1S/C23H22O3/c1-19(9-8-14-20-10-4-2-5-11-20)23(25)26-18-17-22(24)16-15-21-12-6-3-7-13-21/h2-16H,17-18H2,1H3/b14-8?,16-15+,19-9?. The summed E-state index contributed by atoms with van der Waals surface area (Å²) in [5.41, 5.74) is 2.51. The predicted octanol–water partition coefficient (Wildman–Crippen LogP) is 4.86. The molecule has 0 unspecified atom stereocenters. The Morgan fingerprint density at radius 3 is 2.08 bits per heavy atom. The molecule has 0 fully saturated rings. The first kappa shape index (κ1) is 19.1. The molecule has 3 heteroatoms. The Morgan fingerprint density at radius 1 is 0.885 bits per heavy atom. The summed E-state index contributed by atoms with van der Waals surface area (Å²) in [5, 5.41) is 0. The molecule has 0 bridgehead atoms. The van der Waals surface area contributed by atoms with Gasteiger partial charge in [-0.15, -0.1) is 0 Å². The Kier molecular flexibility index (Phi) is 7.81. The van der Waals surface area contributed by atoms with Crippen molar-refractivity contribution in [1.29, 1.82) is 0 Å². The minimum absolute atomic E-state index is 0.0738. The van der Waals surface area contributed by atoms with Crippen LogP contribution in [0.5, 0.6) is 0 Å². The molecule has 0 heterocycles. The molecule has 132 valence electrons. The molecule has 26 heavy (non-hydrogen) atoms. The Hall–Kier alpha value is -3.20. The molecule has 2 aromatic rings. The lowest BCUT2D eigenvalue weighted by atomic mass is 10.2. The topological polar surface area (TPSA) is 43.4 Å². The monoisotopic (exact) mass is 346 g/mol. The lowest BCUT2D eigenvalue weighted by Gasteiger charge is -2.02. The van der Waals surface area contributed by atoms with Crippen LogP contribution in [0.3, 0.4) is 0 Å². The van der Waals surface area contributed by atoms with Crippen molar-refractivity contribution < 1.29 is 14.3 Å². The second-order valence-corrected chi connectivity index (χ2v) is 5.72. The molecular formula is C23H22O3. The second kappa shape index (κ2) is 10.6. The number of esters is 1. The van der Waals surface area contributed by atoms with Crippen LogP contribution in [0, 0.1) is 0 Å². The van der Waals surface area contributed by atoms with E-state index >= 15 is 0 Å². The number of hydrogen-bond acceptors (Lipinski definition) is 3. The molecule has 0 saturated heterocycles. The second-order valence-electron chi connectivity index (χ2n) is 5.72. The van der Waals surface area contributed by atoms with Crippen molar-refractivity contribution in [2.75, 3.05) is 6.61 Å². The lowest BCUT2D eigenvalue weighted by molar-refractivity contribution is -0.139. The van der Waals surface area contributed by atoms with Crippen molar-refractivity contribution in [2.45, 2.75) is 13.3 Å². The van der Waals surface area contributed by atoms with Crippen LogP contribution in [0.15, 0.2) is 84.5 Å². The number of carbonyl (C=O) groups is 2. The highest BCUT2D eigenvalue weighted by atomic mass is 16.5. The highest BCUT2D eigenvalue weighted by Gasteiger charge is 2.05. The van der Waals surface area contributed by atoms with Gasteiger partial charge in [0.05, 0.1) is 6.61 Å². The summed E-state index contributed by atoms with van der Waals surface area (Å²) in [7, 11) is 0. The van der Waals surface area contributed by atoms with Gasteiger partial charge in [-0.3, -0.25) is 4.79 Å². The van der Waals surface area contributed by atoms with Gasteiger partial charge < -0.3 is 4.74 Å². The van der Waals surface area contributed by atoms with E-state index in [4.69, 9.17) is 4.74 Å². The summed E-state index contributed by atoms with van der Waals surface area (Å²) in [6.45, 7) is 1.76. The van der Waals surface area contributed by atoms with Crippen molar-refractivity contribution in [3.63, 3.8) is 0 Å². The third-order valence-corrected chi connectivity index (χ3v) is 3.60.